The van der Waals surface area contributed by atoms with Crippen LogP contribution in [0, 0.1) is 55.4 Å². The van der Waals surface area contributed by atoms with Crippen LogP contribution >= 0.6 is 0 Å². The molecular formula is C101H89N11. The number of rotatable bonds is 8. The van der Waals surface area contributed by atoms with Crippen molar-refractivity contribution in [2.75, 3.05) is 0 Å². The number of aromatic nitrogens is 11. The molecule has 0 amide bonds. The fourth-order valence-electron chi connectivity index (χ4n) is 12.2. The summed E-state index contributed by atoms with van der Waals surface area (Å²) in [5.74, 6) is 0. The lowest BCUT2D eigenvalue weighted by atomic mass is 9.99. The summed E-state index contributed by atoms with van der Waals surface area (Å²) in [6.45, 7) is 16.3. The van der Waals surface area contributed by atoms with Gasteiger partial charge in [0.15, 0.2) is 0 Å². The molecule has 0 aliphatic rings. The maximum Gasteiger partial charge on any atom is 0.116 e. The summed E-state index contributed by atoms with van der Waals surface area (Å²) in [6.07, 6.45) is 23.4. The van der Waals surface area contributed by atoms with Gasteiger partial charge in [-0.25, -0.2) is 19.9 Å². The molecule has 0 N–H and O–H groups in total. The Balaban J connectivity index is 0.000000127. The average molecular weight is 1460 g/mol. The van der Waals surface area contributed by atoms with Gasteiger partial charge < -0.3 is 0 Å². The van der Waals surface area contributed by atoms with Crippen molar-refractivity contribution in [3.63, 3.8) is 0 Å². The molecule has 0 atom stereocenters. The van der Waals surface area contributed by atoms with Gasteiger partial charge in [-0.3, -0.25) is 34.9 Å². The number of hydrogen-bond acceptors (Lipinski definition) is 11. The van der Waals surface area contributed by atoms with Crippen molar-refractivity contribution in [3.05, 3.63) is 441 Å². The van der Waals surface area contributed by atoms with Gasteiger partial charge in [-0.2, -0.15) is 0 Å². The molecule has 8 aromatic heterocycles. The molecule has 18 rings (SSSR count). The molecule has 0 bridgehead atoms. The van der Waals surface area contributed by atoms with Gasteiger partial charge in [0.05, 0.1) is 28.5 Å². The van der Waals surface area contributed by atoms with E-state index in [1.807, 2.05) is 211 Å². The van der Waals surface area contributed by atoms with Gasteiger partial charge >= 0.3 is 0 Å². The maximum absolute atomic E-state index is 4.50. The molecule has 11 heteroatoms. The molecule has 0 radical (unpaired) electrons. The van der Waals surface area contributed by atoms with Crippen LogP contribution in [0.2, 0.25) is 0 Å². The first-order valence-corrected chi connectivity index (χ1v) is 37.1. The molecule has 0 fully saturated rings. The highest BCUT2D eigenvalue weighted by molar-refractivity contribution is 5.97. The Bertz CT molecular complexity index is 5080. The number of aryl methyl sites for hydroxylation is 8. The zero-order valence-corrected chi connectivity index (χ0v) is 64.4. The van der Waals surface area contributed by atoms with Crippen LogP contribution in [0.25, 0.3) is 111 Å². The Morgan fingerprint density at radius 3 is 1.20 bits per heavy atom. The minimum absolute atomic E-state index is 0.961. The highest BCUT2D eigenvalue weighted by Crippen LogP contribution is 2.31. The number of hydrogen-bond donors (Lipinski definition) is 0. The maximum atomic E-state index is 4.50. The summed E-state index contributed by atoms with van der Waals surface area (Å²) < 4.78 is 0. The van der Waals surface area contributed by atoms with Gasteiger partial charge in [-0.05, 0) is 163 Å². The highest BCUT2D eigenvalue weighted by Gasteiger charge is 2.09. The topological polar surface area (TPSA) is 142 Å². The minimum Gasteiger partial charge on any atom is -0.264 e. The quantitative estimate of drug-likeness (QED) is 0.143. The second kappa shape index (κ2) is 41.7. The summed E-state index contributed by atoms with van der Waals surface area (Å²) in [5.41, 5.74) is 27.4. The van der Waals surface area contributed by atoms with Crippen LogP contribution in [0.5, 0.6) is 0 Å². The number of nitrogens with zero attached hydrogens (tertiary/aromatic N) is 11. The van der Waals surface area contributed by atoms with E-state index in [0.29, 0.717) is 0 Å². The van der Waals surface area contributed by atoms with E-state index >= 15 is 0 Å². The third kappa shape index (κ3) is 22.9. The third-order valence-corrected chi connectivity index (χ3v) is 18.1. The van der Waals surface area contributed by atoms with E-state index in [2.05, 4.69) is 271 Å². The van der Waals surface area contributed by atoms with Crippen LogP contribution in [0.4, 0.5) is 0 Å². The Morgan fingerprint density at radius 2 is 0.661 bits per heavy atom. The lowest BCUT2D eigenvalue weighted by molar-refractivity contribution is 1.11. The van der Waals surface area contributed by atoms with Crippen molar-refractivity contribution >= 4 is 21.5 Å². The number of pyridine rings is 5. The smallest absolute Gasteiger partial charge is 0.116 e. The summed E-state index contributed by atoms with van der Waals surface area (Å²) in [7, 11) is 0. The van der Waals surface area contributed by atoms with E-state index in [4.69, 9.17) is 0 Å². The second-order valence-electron chi connectivity index (χ2n) is 26.3. The molecule has 112 heavy (non-hydrogen) atoms. The predicted octanol–water partition coefficient (Wildman–Crippen LogP) is 24.9. The van der Waals surface area contributed by atoms with Crippen LogP contribution in [-0.4, -0.2) is 54.8 Å². The van der Waals surface area contributed by atoms with E-state index in [1.165, 1.54) is 93.9 Å². The molecule has 0 aliphatic heterocycles. The van der Waals surface area contributed by atoms with Crippen molar-refractivity contribution in [1.82, 2.24) is 54.8 Å². The lowest BCUT2D eigenvalue weighted by Crippen LogP contribution is -1.89. The van der Waals surface area contributed by atoms with Gasteiger partial charge in [0.2, 0.25) is 0 Å². The summed E-state index contributed by atoms with van der Waals surface area (Å²) in [6, 6.07) is 107. The SMILES string of the molecule is Cc1ccc(-c2cccc3ccccc23)cn1.Cc1ccc(-c2cccc3ccccc23)nc1.Cc1cccnc1-c1ccccc1.Cc1ccncc1-c1ccccc1.Cc1cnccc1-c1ccccc1.Cc1cncnc1-c1ccccc1.Cc1nccnc1-c1ccccc1.Cc1ncncc1-c1ccccc1. The number of fused-ring (bicyclic) bond motifs is 2. The molecule has 0 spiro atoms. The largest absolute Gasteiger partial charge is 0.264 e. The zero-order chi connectivity index (χ0) is 77.9. The Kier molecular flexibility index (Phi) is 29.3. The highest BCUT2D eigenvalue weighted by atomic mass is 14.8. The first-order valence-electron chi connectivity index (χ1n) is 37.1. The first kappa shape index (κ1) is 78.8. The van der Waals surface area contributed by atoms with Gasteiger partial charge in [0, 0.05) is 118 Å². The van der Waals surface area contributed by atoms with E-state index in [9.17, 15) is 0 Å². The van der Waals surface area contributed by atoms with Gasteiger partial charge in [0.1, 0.15) is 12.7 Å². The molecule has 10 aromatic carbocycles. The van der Waals surface area contributed by atoms with Gasteiger partial charge in [0.25, 0.3) is 0 Å². The van der Waals surface area contributed by atoms with Crippen molar-refractivity contribution in [1.29, 1.82) is 0 Å². The molecule has 0 unspecified atom stereocenters. The van der Waals surface area contributed by atoms with Crippen molar-refractivity contribution in [2.45, 2.75) is 55.4 Å². The molecule has 548 valence electrons. The summed E-state index contributed by atoms with van der Waals surface area (Å²) in [4.78, 5) is 46.2. The van der Waals surface area contributed by atoms with Gasteiger partial charge in [-0.15, -0.1) is 0 Å². The van der Waals surface area contributed by atoms with Crippen LogP contribution in [0.15, 0.2) is 396 Å². The average Bonchev–Trinajstić information content (AvgIpc) is 0.806. The standard InChI is InChI=1S/2C16H13N.3C12H11N.3C11H10N2/c1-12-9-10-14(11-17-12)16-8-4-6-13-5-2-3-7-15(13)16;1-12-9-10-16(17-11-12)15-8-4-6-13-5-2-3-7-14(13)15;1-10-6-5-9-13-12(10)11-7-3-2-4-8-11;1-10-9-13-8-7-12(10)11-5-3-2-4-6-11;1-10-7-8-13-9-12(10)11-5-3-2-4-6-11;1-9-11(7-12-8-13-9)10-5-3-2-4-6-10;1-9-7-12-8-13-11(9)10-5-3-2-4-6-10;1-9-11(13-8-7-12-9)10-5-3-2-4-6-10/h2*2-11H,1H3;3*2-9H,1H3;3*2-8H,1H3. The van der Waals surface area contributed by atoms with Gasteiger partial charge in [-0.1, -0.05) is 285 Å². The fraction of sp³-hybridized carbons (Fsp3) is 0.0792. The molecular weight excluding hydrogens is 1370 g/mol. The van der Waals surface area contributed by atoms with Crippen LogP contribution in [0.3, 0.4) is 0 Å². The number of benzene rings is 10. The van der Waals surface area contributed by atoms with E-state index in [1.54, 1.807) is 25.0 Å². The molecule has 18 aromatic rings. The zero-order valence-electron chi connectivity index (χ0n) is 64.4. The molecule has 11 nitrogen and oxygen atoms in total. The second-order valence-corrected chi connectivity index (χ2v) is 26.3. The van der Waals surface area contributed by atoms with Crippen molar-refractivity contribution in [2.24, 2.45) is 0 Å². The molecule has 8 heterocycles. The lowest BCUT2D eigenvalue weighted by Gasteiger charge is -2.06. The summed E-state index contributed by atoms with van der Waals surface area (Å²) >= 11 is 0. The Hall–Kier alpha value is -14.3. The van der Waals surface area contributed by atoms with Crippen LogP contribution < -0.4 is 0 Å². The summed E-state index contributed by atoms with van der Waals surface area (Å²) in [5, 5.41) is 5.06. The van der Waals surface area contributed by atoms with Crippen molar-refractivity contribution in [3.8, 4) is 89.5 Å². The Labute approximate surface area is 658 Å². The van der Waals surface area contributed by atoms with E-state index < -0.39 is 0 Å². The van der Waals surface area contributed by atoms with Crippen LogP contribution in [0.1, 0.15) is 44.9 Å². The predicted molar refractivity (Wildman–Crippen MR) is 464 cm³/mol. The minimum atomic E-state index is 0.961. The molecule has 0 saturated carbocycles. The molecule has 0 aliphatic carbocycles. The van der Waals surface area contributed by atoms with E-state index in [-0.39, 0.29) is 0 Å². The van der Waals surface area contributed by atoms with Crippen LogP contribution in [-0.2, 0) is 0 Å². The Morgan fingerprint density at radius 1 is 0.196 bits per heavy atom. The molecule has 0 saturated heterocycles. The van der Waals surface area contributed by atoms with E-state index in [0.717, 1.165) is 62.1 Å². The monoisotopic (exact) mass is 1460 g/mol. The first-order chi connectivity index (χ1) is 54.9. The third-order valence-electron chi connectivity index (χ3n) is 18.1. The fourth-order valence-corrected chi connectivity index (χ4v) is 12.2. The normalized spacial score (nSPS) is 10.1. The van der Waals surface area contributed by atoms with Crippen molar-refractivity contribution < 1.29 is 0 Å².